The maximum atomic E-state index is 13.2. The number of benzene rings is 3. The topological polar surface area (TPSA) is 29.0 Å². The zero-order valence-corrected chi connectivity index (χ0v) is 16.4. The number of anilines is 1. The molecule has 0 unspecified atom stereocenters. The van der Waals surface area contributed by atoms with Crippen LogP contribution in [0.5, 0.6) is 0 Å². The maximum absolute atomic E-state index is 13.2. The Bertz CT molecular complexity index is 1160. The van der Waals surface area contributed by atoms with E-state index >= 15 is 0 Å². The van der Waals surface area contributed by atoms with E-state index < -0.39 is 11.7 Å². The molecular formula is C24H20F3N3. The van der Waals surface area contributed by atoms with Gasteiger partial charge in [-0.05, 0) is 36.8 Å². The smallest absolute Gasteiger partial charge is 0.352 e. The van der Waals surface area contributed by atoms with Crippen molar-refractivity contribution >= 4 is 16.7 Å². The zero-order valence-electron chi connectivity index (χ0n) is 16.4. The van der Waals surface area contributed by atoms with Crippen LogP contribution in [0.2, 0.25) is 0 Å². The van der Waals surface area contributed by atoms with Crippen LogP contribution in [0.4, 0.5) is 19.0 Å². The van der Waals surface area contributed by atoms with Crippen molar-refractivity contribution in [3.8, 4) is 11.4 Å². The summed E-state index contributed by atoms with van der Waals surface area (Å²) in [7, 11) is 0. The van der Waals surface area contributed by atoms with Gasteiger partial charge in [0.2, 0.25) is 0 Å². The van der Waals surface area contributed by atoms with E-state index in [9.17, 15) is 13.2 Å². The van der Waals surface area contributed by atoms with Crippen molar-refractivity contribution in [2.75, 3.05) is 11.4 Å². The van der Waals surface area contributed by atoms with Gasteiger partial charge in [0.15, 0.2) is 5.82 Å². The molecule has 0 aliphatic rings. The van der Waals surface area contributed by atoms with Crippen LogP contribution in [0.25, 0.3) is 22.3 Å². The van der Waals surface area contributed by atoms with Crippen molar-refractivity contribution in [3.05, 3.63) is 90.0 Å². The molecule has 0 amide bonds. The monoisotopic (exact) mass is 407 g/mol. The summed E-state index contributed by atoms with van der Waals surface area (Å²) in [5.41, 5.74) is 1.45. The van der Waals surface area contributed by atoms with Crippen LogP contribution >= 0.6 is 0 Å². The molecule has 1 heterocycles. The van der Waals surface area contributed by atoms with Crippen molar-refractivity contribution < 1.29 is 13.2 Å². The van der Waals surface area contributed by atoms with E-state index in [-0.39, 0.29) is 5.82 Å². The van der Waals surface area contributed by atoms with Crippen LogP contribution in [-0.2, 0) is 12.7 Å². The van der Waals surface area contributed by atoms with Gasteiger partial charge in [0, 0.05) is 24.0 Å². The molecule has 6 heteroatoms. The molecule has 0 saturated carbocycles. The molecule has 0 aliphatic heterocycles. The molecule has 0 atom stereocenters. The lowest BCUT2D eigenvalue weighted by Gasteiger charge is -2.24. The minimum absolute atomic E-state index is 0.279. The second-order valence-electron chi connectivity index (χ2n) is 6.97. The molecule has 0 radical (unpaired) electrons. The lowest BCUT2D eigenvalue weighted by molar-refractivity contribution is -0.137. The Kier molecular flexibility index (Phi) is 5.40. The molecule has 0 bridgehead atoms. The second-order valence-corrected chi connectivity index (χ2v) is 6.97. The fourth-order valence-electron chi connectivity index (χ4n) is 3.40. The van der Waals surface area contributed by atoms with E-state index in [1.165, 1.54) is 6.07 Å². The Balaban J connectivity index is 1.84. The van der Waals surface area contributed by atoms with Crippen molar-refractivity contribution in [3.63, 3.8) is 0 Å². The van der Waals surface area contributed by atoms with E-state index in [4.69, 9.17) is 4.98 Å². The molecule has 4 aromatic rings. The summed E-state index contributed by atoms with van der Waals surface area (Å²) in [6.45, 7) is 3.36. The van der Waals surface area contributed by atoms with Gasteiger partial charge in [-0.1, -0.05) is 54.6 Å². The summed E-state index contributed by atoms with van der Waals surface area (Å²) in [4.78, 5) is 11.4. The minimum Gasteiger partial charge on any atom is -0.352 e. The number of rotatable bonds is 5. The highest BCUT2D eigenvalue weighted by Crippen LogP contribution is 2.33. The standard InChI is InChI=1S/C24H20F3N3/c1-2-30(16-17-9-4-3-5-10-17)23-20-13-6-7-14-21(20)28-22(29-23)18-11-8-12-19(15-18)24(25,26)27/h3-15H,2,16H2,1H3. The number of fused-ring (bicyclic) bond motifs is 1. The SMILES string of the molecule is CCN(Cc1ccccc1)c1nc(-c2cccc(C(F)(F)F)c2)nc2ccccc12. The van der Waals surface area contributed by atoms with Crippen LogP contribution in [0, 0.1) is 0 Å². The summed E-state index contributed by atoms with van der Waals surface area (Å²) < 4.78 is 39.6. The first kappa shape index (κ1) is 19.9. The zero-order chi connectivity index (χ0) is 21.1. The molecule has 0 fully saturated rings. The number of alkyl halides is 3. The third-order valence-corrected chi connectivity index (χ3v) is 4.93. The second kappa shape index (κ2) is 8.14. The van der Waals surface area contributed by atoms with Crippen LogP contribution < -0.4 is 4.90 Å². The molecule has 0 spiro atoms. The summed E-state index contributed by atoms with van der Waals surface area (Å²) in [6.07, 6.45) is -4.42. The van der Waals surface area contributed by atoms with Gasteiger partial charge in [0.25, 0.3) is 0 Å². The van der Waals surface area contributed by atoms with Crippen molar-refractivity contribution in [2.24, 2.45) is 0 Å². The Morgan fingerprint density at radius 1 is 0.833 bits per heavy atom. The highest BCUT2D eigenvalue weighted by atomic mass is 19.4. The molecule has 1 aromatic heterocycles. The Hall–Kier alpha value is -3.41. The average Bonchev–Trinajstić information content (AvgIpc) is 2.77. The third kappa shape index (κ3) is 4.13. The number of aromatic nitrogens is 2. The molecule has 3 aromatic carbocycles. The highest BCUT2D eigenvalue weighted by Gasteiger charge is 2.30. The van der Waals surface area contributed by atoms with Gasteiger partial charge in [-0.2, -0.15) is 13.2 Å². The van der Waals surface area contributed by atoms with Gasteiger partial charge in [-0.25, -0.2) is 9.97 Å². The molecule has 4 rings (SSSR count). The quantitative estimate of drug-likeness (QED) is 0.386. The molecule has 152 valence electrons. The van der Waals surface area contributed by atoms with Crippen LogP contribution in [0.3, 0.4) is 0 Å². The lowest BCUT2D eigenvalue weighted by atomic mass is 10.1. The molecule has 0 N–H and O–H groups in total. The summed E-state index contributed by atoms with van der Waals surface area (Å²) >= 11 is 0. The first-order valence-electron chi connectivity index (χ1n) is 9.69. The van der Waals surface area contributed by atoms with Crippen molar-refractivity contribution in [2.45, 2.75) is 19.6 Å². The minimum atomic E-state index is -4.42. The number of nitrogens with zero attached hydrogens (tertiary/aromatic N) is 3. The molecule has 0 saturated heterocycles. The number of para-hydroxylation sites is 1. The van der Waals surface area contributed by atoms with E-state index in [1.807, 2.05) is 61.5 Å². The van der Waals surface area contributed by atoms with Crippen LogP contribution in [0.1, 0.15) is 18.1 Å². The van der Waals surface area contributed by atoms with E-state index in [1.54, 1.807) is 6.07 Å². The first-order valence-corrected chi connectivity index (χ1v) is 9.69. The van der Waals surface area contributed by atoms with Gasteiger partial charge < -0.3 is 4.90 Å². The first-order chi connectivity index (χ1) is 14.5. The van der Waals surface area contributed by atoms with Gasteiger partial charge in [-0.15, -0.1) is 0 Å². The number of hydrogen-bond donors (Lipinski definition) is 0. The van der Waals surface area contributed by atoms with Gasteiger partial charge in [-0.3, -0.25) is 0 Å². The predicted molar refractivity (Wildman–Crippen MR) is 113 cm³/mol. The largest absolute Gasteiger partial charge is 0.416 e. The van der Waals surface area contributed by atoms with Gasteiger partial charge >= 0.3 is 6.18 Å². The van der Waals surface area contributed by atoms with E-state index in [0.29, 0.717) is 30.0 Å². The van der Waals surface area contributed by atoms with Crippen LogP contribution in [0.15, 0.2) is 78.9 Å². The number of halogens is 3. The summed E-state index contributed by atoms with van der Waals surface area (Å²) in [5.74, 6) is 0.987. The fraction of sp³-hybridized carbons (Fsp3) is 0.167. The Labute approximate surface area is 172 Å². The Morgan fingerprint density at radius 3 is 2.30 bits per heavy atom. The van der Waals surface area contributed by atoms with Gasteiger partial charge in [0.1, 0.15) is 5.82 Å². The van der Waals surface area contributed by atoms with Crippen molar-refractivity contribution in [1.29, 1.82) is 0 Å². The molecular weight excluding hydrogens is 387 g/mol. The normalized spacial score (nSPS) is 11.6. The summed E-state index contributed by atoms with van der Waals surface area (Å²) in [6, 6.07) is 22.7. The average molecular weight is 407 g/mol. The maximum Gasteiger partial charge on any atom is 0.416 e. The fourth-order valence-corrected chi connectivity index (χ4v) is 3.40. The van der Waals surface area contributed by atoms with Crippen LogP contribution in [-0.4, -0.2) is 16.5 Å². The lowest BCUT2D eigenvalue weighted by Crippen LogP contribution is -2.23. The van der Waals surface area contributed by atoms with E-state index in [2.05, 4.69) is 9.88 Å². The highest BCUT2D eigenvalue weighted by molar-refractivity contribution is 5.91. The Morgan fingerprint density at radius 2 is 1.57 bits per heavy atom. The van der Waals surface area contributed by atoms with Gasteiger partial charge in [0.05, 0.1) is 11.1 Å². The molecule has 0 aliphatic carbocycles. The number of hydrogen-bond acceptors (Lipinski definition) is 3. The predicted octanol–water partition coefficient (Wildman–Crippen LogP) is 6.34. The molecule has 3 nitrogen and oxygen atoms in total. The van der Waals surface area contributed by atoms with E-state index in [0.717, 1.165) is 23.1 Å². The third-order valence-electron chi connectivity index (χ3n) is 4.93. The summed E-state index contributed by atoms with van der Waals surface area (Å²) in [5, 5.41) is 0.867. The molecule has 30 heavy (non-hydrogen) atoms. The van der Waals surface area contributed by atoms with Crippen molar-refractivity contribution in [1.82, 2.24) is 9.97 Å².